The van der Waals surface area contributed by atoms with E-state index in [9.17, 15) is 14.9 Å². The van der Waals surface area contributed by atoms with Gasteiger partial charge in [-0.3, -0.25) is 14.9 Å². The molecular formula is C11H10N4O4. The Hall–Kier alpha value is -2.77. The molecule has 0 aliphatic heterocycles. The summed E-state index contributed by atoms with van der Waals surface area (Å²) in [5.74, 6) is -0.791. The van der Waals surface area contributed by atoms with Crippen LogP contribution >= 0.6 is 0 Å². The third-order valence-electron chi connectivity index (χ3n) is 2.55. The van der Waals surface area contributed by atoms with Gasteiger partial charge in [-0.05, 0) is 13.0 Å². The number of benzene rings is 1. The maximum atomic E-state index is 10.8. The van der Waals surface area contributed by atoms with Gasteiger partial charge in [0.25, 0.3) is 5.69 Å². The Labute approximate surface area is 107 Å². The van der Waals surface area contributed by atoms with E-state index in [0.29, 0.717) is 10.9 Å². The third kappa shape index (κ3) is 2.57. The molecule has 0 spiro atoms. The maximum Gasteiger partial charge on any atom is 0.325 e. The number of carbonyl (C=O) groups is 1. The van der Waals surface area contributed by atoms with E-state index in [-0.39, 0.29) is 11.5 Å². The summed E-state index contributed by atoms with van der Waals surface area (Å²) in [5, 5.41) is 22.7. The Balaban J connectivity index is 2.51. The van der Waals surface area contributed by atoms with Gasteiger partial charge in [-0.2, -0.15) is 0 Å². The van der Waals surface area contributed by atoms with Gasteiger partial charge in [-0.25, -0.2) is 9.97 Å². The first kappa shape index (κ1) is 12.7. The van der Waals surface area contributed by atoms with Crippen molar-refractivity contribution >= 4 is 28.4 Å². The van der Waals surface area contributed by atoms with Gasteiger partial charge >= 0.3 is 5.97 Å². The van der Waals surface area contributed by atoms with Gasteiger partial charge in [0, 0.05) is 17.5 Å². The van der Waals surface area contributed by atoms with E-state index in [2.05, 4.69) is 15.3 Å². The smallest absolute Gasteiger partial charge is 0.325 e. The van der Waals surface area contributed by atoms with E-state index in [4.69, 9.17) is 5.11 Å². The number of nitro benzene ring substituents is 1. The first-order valence-corrected chi connectivity index (χ1v) is 5.37. The molecule has 0 saturated carbocycles. The van der Waals surface area contributed by atoms with E-state index in [1.165, 1.54) is 31.5 Å². The predicted octanol–water partition coefficient (Wildman–Crippen LogP) is 1.42. The Kier molecular flexibility index (Phi) is 3.23. The van der Waals surface area contributed by atoms with Crippen molar-refractivity contribution in [1.29, 1.82) is 0 Å². The van der Waals surface area contributed by atoms with Gasteiger partial charge in [0.1, 0.15) is 18.2 Å². The molecule has 2 aromatic rings. The van der Waals surface area contributed by atoms with Crippen molar-refractivity contribution < 1.29 is 14.8 Å². The van der Waals surface area contributed by atoms with E-state index in [1.54, 1.807) is 0 Å². The van der Waals surface area contributed by atoms with Crippen LogP contribution < -0.4 is 5.32 Å². The molecule has 1 aromatic carbocycles. The molecule has 98 valence electrons. The molecule has 2 N–H and O–H groups in total. The van der Waals surface area contributed by atoms with Crippen LogP contribution in [-0.2, 0) is 4.79 Å². The van der Waals surface area contributed by atoms with Crippen molar-refractivity contribution in [3.8, 4) is 0 Å². The van der Waals surface area contributed by atoms with Crippen LogP contribution in [0.25, 0.3) is 10.9 Å². The number of carboxylic acids is 1. The quantitative estimate of drug-likeness (QED) is 0.631. The number of nitrogens with one attached hydrogen (secondary N) is 1. The second-order valence-corrected chi connectivity index (χ2v) is 3.89. The summed E-state index contributed by atoms with van der Waals surface area (Å²) in [6.45, 7) is 1.45. The molecule has 1 unspecified atom stereocenters. The third-order valence-corrected chi connectivity index (χ3v) is 2.55. The van der Waals surface area contributed by atoms with Gasteiger partial charge in [-0.15, -0.1) is 0 Å². The summed E-state index contributed by atoms with van der Waals surface area (Å²) in [5.41, 5.74) is 0.397. The highest BCUT2D eigenvalue weighted by molar-refractivity contribution is 5.92. The molecule has 2 rings (SSSR count). The lowest BCUT2D eigenvalue weighted by Gasteiger charge is -2.11. The highest BCUT2D eigenvalue weighted by Gasteiger charge is 2.15. The van der Waals surface area contributed by atoms with Crippen LogP contribution in [0.1, 0.15) is 6.92 Å². The second kappa shape index (κ2) is 4.84. The molecule has 1 heterocycles. The van der Waals surface area contributed by atoms with Crippen LogP contribution in [0, 0.1) is 10.1 Å². The van der Waals surface area contributed by atoms with Crippen molar-refractivity contribution in [1.82, 2.24) is 9.97 Å². The lowest BCUT2D eigenvalue weighted by atomic mass is 10.2. The van der Waals surface area contributed by atoms with E-state index in [1.807, 2.05) is 0 Å². The Bertz CT molecular complexity index is 658. The Morgan fingerprint density at radius 1 is 1.47 bits per heavy atom. The number of aliphatic carboxylic acids is 1. The minimum absolute atomic E-state index is 0.103. The van der Waals surface area contributed by atoms with Crippen LogP contribution in [0.3, 0.4) is 0 Å². The number of rotatable bonds is 4. The van der Waals surface area contributed by atoms with Crippen molar-refractivity contribution in [2.75, 3.05) is 5.32 Å². The number of hydrogen-bond donors (Lipinski definition) is 2. The van der Waals surface area contributed by atoms with Crippen LogP contribution in [0.2, 0.25) is 0 Å². The fraction of sp³-hybridized carbons (Fsp3) is 0.182. The first-order chi connectivity index (χ1) is 8.99. The first-order valence-electron chi connectivity index (χ1n) is 5.37. The van der Waals surface area contributed by atoms with Crippen LogP contribution in [0.4, 0.5) is 11.5 Å². The average molecular weight is 262 g/mol. The van der Waals surface area contributed by atoms with Gasteiger partial charge in [0.15, 0.2) is 0 Å². The molecule has 0 bridgehead atoms. The minimum atomic E-state index is -1.04. The van der Waals surface area contributed by atoms with E-state index < -0.39 is 16.9 Å². The SMILES string of the molecule is CC(Nc1ncnc2ccc([N+](=O)[O-])cc12)C(=O)O. The fourth-order valence-corrected chi connectivity index (χ4v) is 1.54. The topological polar surface area (TPSA) is 118 Å². The zero-order valence-electron chi connectivity index (χ0n) is 9.90. The summed E-state index contributed by atoms with van der Waals surface area (Å²) in [6.07, 6.45) is 1.27. The largest absolute Gasteiger partial charge is 0.480 e. The summed E-state index contributed by atoms with van der Waals surface area (Å²) in [4.78, 5) is 28.9. The maximum absolute atomic E-state index is 10.8. The molecular weight excluding hydrogens is 252 g/mol. The summed E-state index contributed by atoms with van der Waals surface area (Å²) in [6, 6.07) is 3.27. The van der Waals surface area contributed by atoms with E-state index in [0.717, 1.165) is 0 Å². The Morgan fingerprint density at radius 2 is 2.21 bits per heavy atom. The van der Waals surface area contributed by atoms with Crippen molar-refractivity contribution in [2.45, 2.75) is 13.0 Å². The highest BCUT2D eigenvalue weighted by atomic mass is 16.6. The molecule has 8 nitrogen and oxygen atoms in total. The Morgan fingerprint density at radius 3 is 2.84 bits per heavy atom. The average Bonchev–Trinajstić information content (AvgIpc) is 2.38. The van der Waals surface area contributed by atoms with Crippen LogP contribution in [0.5, 0.6) is 0 Å². The number of hydrogen-bond acceptors (Lipinski definition) is 6. The molecule has 1 aromatic heterocycles. The zero-order valence-corrected chi connectivity index (χ0v) is 9.90. The second-order valence-electron chi connectivity index (χ2n) is 3.89. The molecule has 0 saturated heterocycles. The lowest BCUT2D eigenvalue weighted by molar-refractivity contribution is -0.384. The summed E-state index contributed by atoms with van der Waals surface area (Å²) < 4.78 is 0. The predicted molar refractivity (Wildman–Crippen MR) is 66.9 cm³/mol. The fourth-order valence-electron chi connectivity index (χ4n) is 1.54. The van der Waals surface area contributed by atoms with Gasteiger partial charge in [0.05, 0.1) is 10.4 Å². The molecule has 19 heavy (non-hydrogen) atoms. The molecule has 0 aliphatic carbocycles. The number of nitrogens with zero attached hydrogens (tertiary/aromatic N) is 3. The molecule has 0 fully saturated rings. The van der Waals surface area contributed by atoms with Crippen LogP contribution in [-0.4, -0.2) is 32.0 Å². The lowest BCUT2D eigenvalue weighted by Crippen LogP contribution is -2.26. The minimum Gasteiger partial charge on any atom is -0.480 e. The van der Waals surface area contributed by atoms with Gasteiger partial charge in [0.2, 0.25) is 0 Å². The normalized spacial score (nSPS) is 12.1. The number of carboxylic acid groups (broad SMARTS) is 1. The monoisotopic (exact) mass is 262 g/mol. The van der Waals surface area contributed by atoms with Crippen LogP contribution in [0.15, 0.2) is 24.5 Å². The summed E-state index contributed by atoms with van der Waals surface area (Å²) >= 11 is 0. The van der Waals surface area contributed by atoms with E-state index >= 15 is 0 Å². The molecule has 0 radical (unpaired) electrons. The molecule has 0 aliphatic rings. The number of nitro groups is 1. The number of non-ortho nitro benzene ring substituents is 1. The van der Waals surface area contributed by atoms with Crippen molar-refractivity contribution in [3.63, 3.8) is 0 Å². The number of fused-ring (bicyclic) bond motifs is 1. The standard InChI is InChI=1S/C11H10N4O4/c1-6(11(16)17)14-10-8-4-7(15(18)19)2-3-9(8)12-5-13-10/h2-6H,1H3,(H,16,17)(H,12,13,14). The zero-order chi connectivity index (χ0) is 14.0. The molecule has 8 heteroatoms. The molecule has 1 atom stereocenters. The van der Waals surface area contributed by atoms with Crippen molar-refractivity contribution in [3.05, 3.63) is 34.6 Å². The number of anilines is 1. The molecule has 0 amide bonds. The number of aromatic nitrogens is 2. The summed E-state index contributed by atoms with van der Waals surface area (Å²) in [7, 11) is 0. The van der Waals surface area contributed by atoms with Gasteiger partial charge < -0.3 is 10.4 Å². The van der Waals surface area contributed by atoms with Crippen molar-refractivity contribution in [2.24, 2.45) is 0 Å². The highest BCUT2D eigenvalue weighted by Crippen LogP contribution is 2.24. The van der Waals surface area contributed by atoms with Gasteiger partial charge in [-0.1, -0.05) is 0 Å².